The van der Waals surface area contributed by atoms with Gasteiger partial charge in [0.25, 0.3) is 0 Å². The normalized spacial score (nSPS) is 21.1. The first-order valence-electron chi connectivity index (χ1n) is 5.80. The number of aliphatic hydroxyl groups is 1. The molecule has 1 fully saturated rings. The Morgan fingerprint density at radius 3 is 3.00 bits per heavy atom. The van der Waals surface area contributed by atoms with Crippen LogP contribution in [0.5, 0.6) is 0 Å². The number of hydrogen-bond acceptors (Lipinski definition) is 3. The van der Waals surface area contributed by atoms with Gasteiger partial charge in [0.05, 0.1) is 6.20 Å². The van der Waals surface area contributed by atoms with E-state index in [0.717, 1.165) is 31.6 Å². The second-order valence-corrected chi connectivity index (χ2v) is 4.19. The molecule has 0 bridgehead atoms. The molecule has 0 spiro atoms. The fourth-order valence-electron chi connectivity index (χ4n) is 2.29. The molecular formula is C12H17FN2O. The summed E-state index contributed by atoms with van der Waals surface area (Å²) in [5, 5.41) is 9.02. The number of rotatable bonds is 3. The first-order chi connectivity index (χ1) is 7.81. The Morgan fingerprint density at radius 2 is 2.31 bits per heavy atom. The van der Waals surface area contributed by atoms with Gasteiger partial charge in [-0.25, -0.2) is 9.37 Å². The molecule has 1 aromatic heterocycles. The Morgan fingerprint density at radius 1 is 1.44 bits per heavy atom. The maximum Gasteiger partial charge on any atom is 0.141 e. The third-order valence-electron chi connectivity index (χ3n) is 3.10. The van der Waals surface area contributed by atoms with Gasteiger partial charge in [0.1, 0.15) is 11.6 Å². The lowest BCUT2D eigenvalue weighted by molar-refractivity contribution is 0.262. The quantitative estimate of drug-likeness (QED) is 0.852. The number of aliphatic hydroxyl groups excluding tert-OH is 1. The molecule has 1 aliphatic rings. The molecule has 88 valence electrons. The molecule has 2 heterocycles. The van der Waals surface area contributed by atoms with Gasteiger partial charge in [-0.05, 0) is 37.8 Å². The van der Waals surface area contributed by atoms with Crippen LogP contribution >= 0.6 is 0 Å². The number of pyridine rings is 1. The van der Waals surface area contributed by atoms with Crippen molar-refractivity contribution in [2.45, 2.75) is 31.7 Å². The third kappa shape index (κ3) is 2.50. The fraction of sp³-hybridized carbons (Fsp3) is 0.583. The molecule has 1 unspecified atom stereocenters. The molecule has 0 amide bonds. The molecule has 2 rings (SSSR count). The molecule has 4 heteroatoms. The molecule has 16 heavy (non-hydrogen) atoms. The molecule has 0 aliphatic carbocycles. The number of anilines is 1. The van der Waals surface area contributed by atoms with Crippen molar-refractivity contribution in [1.29, 1.82) is 0 Å². The average Bonchev–Trinajstić information content (AvgIpc) is 2.32. The van der Waals surface area contributed by atoms with Crippen LogP contribution < -0.4 is 4.90 Å². The van der Waals surface area contributed by atoms with E-state index in [1.165, 1.54) is 18.7 Å². The number of piperidine rings is 1. The van der Waals surface area contributed by atoms with E-state index in [1.807, 2.05) is 0 Å². The Bertz CT molecular complexity index is 326. The van der Waals surface area contributed by atoms with Gasteiger partial charge in [-0.15, -0.1) is 0 Å². The summed E-state index contributed by atoms with van der Waals surface area (Å²) in [5.74, 6) is 0.513. The van der Waals surface area contributed by atoms with Gasteiger partial charge in [0.15, 0.2) is 0 Å². The van der Waals surface area contributed by atoms with Gasteiger partial charge >= 0.3 is 0 Å². The van der Waals surface area contributed by atoms with Crippen molar-refractivity contribution in [2.24, 2.45) is 0 Å². The Kier molecular flexibility index (Phi) is 3.72. The van der Waals surface area contributed by atoms with Crippen LogP contribution in [0.15, 0.2) is 18.3 Å². The molecule has 0 aromatic carbocycles. The van der Waals surface area contributed by atoms with Gasteiger partial charge in [0, 0.05) is 19.2 Å². The number of aromatic nitrogens is 1. The molecule has 0 radical (unpaired) electrons. The largest absolute Gasteiger partial charge is 0.396 e. The van der Waals surface area contributed by atoms with Crippen LogP contribution in [0.2, 0.25) is 0 Å². The maximum absolute atomic E-state index is 12.8. The van der Waals surface area contributed by atoms with Crippen molar-refractivity contribution < 1.29 is 9.50 Å². The molecule has 0 saturated carbocycles. The van der Waals surface area contributed by atoms with Crippen molar-refractivity contribution in [2.75, 3.05) is 18.1 Å². The highest BCUT2D eigenvalue weighted by molar-refractivity contribution is 5.39. The smallest absolute Gasteiger partial charge is 0.141 e. The molecule has 1 saturated heterocycles. The summed E-state index contributed by atoms with van der Waals surface area (Å²) in [5.41, 5.74) is 0. The van der Waals surface area contributed by atoms with Gasteiger partial charge in [-0.3, -0.25) is 0 Å². The van der Waals surface area contributed by atoms with Crippen LogP contribution in [0.3, 0.4) is 0 Å². The summed E-state index contributed by atoms with van der Waals surface area (Å²) in [7, 11) is 0. The van der Waals surface area contributed by atoms with Crippen LogP contribution in [0.1, 0.15) is 25.7 Å². The SMILES string of the molecule is OCCC1CCCCN1c1ccc(F)cn1. The lowest BCUT2D eigenvalue weighted by atomic mass is 9.99. The second kappa shape index (κ2) is 5.25. The highest BCUT2D eigenvalue weighted by Gasteiger charge is 2.22. The molecule has 1 aliphatic heterocycles. The van der Waals surface area contributed by atoms with E-state index >= 15 is 0 Å². The van der Waals surface area contributed by atoms with Crippen molar-refractivity contribution in [3.63, 3.8) is 0 Å². The Hall–Kier alpha value is -1.16. The van der Waals surface area contributed by atoms with Crippen LogP contribution in [0.25, 0.3) is 0 Å². The average molecular weight is 224 g/mol. The number of nitrogens with zero attached hydrogens (tertiary/aromatic N) is 2. The number of halogens is 1. The zero-order chi connectivity index (χ0) is 11.4. The monoisotopic (exact) mass is 224 g/mol. The van der Waals surface area contributed by atoms with Gasteiger partial charge in [0.2, 0.25) is 0 Å². The van der Waals surface area contributed by atoms with Crippen LogP contribution in [0, 0.1) is 5.82 Å². The van der Waals surface area contributed by atoms with Crippen molar-refractivity contribution in [3.05, 3.63) is 24.1 Å². The number of hydrogen-bond donors (Lipinski definition) is 1. The van der Waals surface area contributed by atoms with Crippen molar-refractivity contribution >= 4 is 5.82 Å². The zero-order valence-corrected chi connectivity index (χ0v) is 9.27. The predicted octanol–water partition coefficient (Wildman–Crippen LogP) is 1.96. The van der Waals surface area contributed by atoms with Crippen molar-refractivity contribution in [3.8, 4) is 0 Å². The minimum Gasteiger partial charge on any atom is -0.396 e. The Labute approximate surface area is 94.9 Å². The highest BCUT2D eigenvalue weighted by Crippen LogP contribution is 2.24. The molecule has 3 nitrogen and oxygen atoms in total. The summed E-state index contributed by atoms with van der Waals surface area (Å²) >= 11 is 0. The molecular weight excluding hydrogens is 207 g/mol. The summed E-state index contributed by atoms with van der Waals surface area (Å²) in [6.45, 7) is 1.14. The fourth-order valence-corrected chi connectivity index (χ4v) is 2.29. The van der Waals surface area contributed by atoms with E-state index in [2.05, 4.69) is 9.88 Å². The standard InChI is InChI=1S/C12H17FN2O/c13-10-4-5-12(14-9-10)15-7-2-1-3-11(15)6-8-16/h4-5,9,11,16H,1-3,6-8H2. The maximum atomic E-state index is 12.8. The van der Waals surface area contributed by atoms with E-state index < -0.39 is 0 Å². The minimum absolute atomic E-state index is 0.197. The summed E-state index contributed by atoms with van der Waals surface area (Å²) in [6, 6.07) is 3.49. The summed E-state index contributed by atoms with van der Waals surface area (Å²) in [4.78, 5) is 6.28. The van der Waals surface area contributed by atoms with E-state index in [4.69, 9.17) is 5.11 Å². The zero-order valence-electron chi connectivity index (χ0n) is 9.27. The van der Waals surface area contributed by atoms with E-state index in [9.17, 15) is 4.39 Å². The highest BCUT2D eigenvalue weighted by atomic mass is 19.1. The van der Waals surface area contributed by atoms with E-state index in [0.29, 0.717) is 6.04 Å². The molecule has 1 atom stereocenters. The summed E-state index contributed by atoms with van der Waals surface area (Å²) in [6.07, 6.45) is 5.43. The van der Waals surface area contributed by atoms with E-state index in [-0.39, 0.29) is 12.4 Å². The first kappa shape index (κ1) is 11.3. The van der Waals surface area contributed by atoms with Crippen molar-refractivity contribution in [1.82, 2.24) is 4.98 Å². The lowest BCUT2D eigenvalue weighted by Gasteiger charge is -2.36. The van der Waals surface area contributed by atoms with Crippen LogP contribution in [-0.2, 0) is 0 Å². The first-order valence-corrected chi connectivity index (χ1v) is 5.80. The predicted molar refractivity (Wildman–Crippen MR) is 60.9 cm³/mol. The second-order valence-electron chi connectivity index (χ2n) is 4.19. The summed E-state index contributed by atoms with van der Waals surface area (Å²) < 4.78 is 12.8. The third-order valence-corrected chi connectivity index (χ3v) is 3.10. The molecule has 1 aromatic rings. The van der Waals surface area contributed by atoms with Gasteiger partial charge in [-0.1, -0.05) is 0 Å². The molecule has 1 N–H and O–H groups in total. The van der Waals surface area contributed by atoms with Crippen LogP contribution in [0.4, 0.5) is 10.2 Å². The lowest BCUT2D eigenvalue weighted by Crippen LogP contribution is -2.40. The van der Waals surface area contributed by atoms with Gasteiger partial charge in [-0.2, -0.15) is 0 Å². The van der Waals surface area contributed by atoms with E-state index in [1.54, 1.807) is 6.07 Å². The Balaban J connectivity index is 2.13. The minimum atomic E-state index is -0.306. The topological polar surface area (TPSA) is 36.4 Å². The van der Waals surface area contributed by atoms with Crippen LogP contribution in [-0.4, -0.2) is 29.3 Å². The van der Waals surface area contributed by atoms with Gasteiger partial charge < -0.3 is 10.0 Å².